The summed E-state index contributed by atoms with van der Waals surface area (Å²) in [4.78, 5) is 20.4. The number of halogens is 1. The molecule has 1 aromatic carbocycles. The molecule has 0 spiro atoms. The molecule has 7 heteroatoms. The van der Waals surface area contributed by atoms with Gasteiger partial charge in [-0.15, -0.1) is 0 Å². The van der Waals surface area contributed by atoms with Gasteiger partial charge in [0.25, 0.3) is 0 Å². The summed E-state index contributed by atoms with van der Waals surface area (Å²) in [6.07, 6.45) is 0. The van der Waals surface area contributed by atoms with E-state index in [1.165, 1.54) is 23.5 Å². The number of nitrogens with zero attached hydrogens (tertiary/aromatic N) is 3. The fourth-order valence-corrected chi connectivity index (χ4v) is 3.84. The third-order valence-corrected chi connectivity index (χ3v) is 5.14. The highest BCUT2D eigenvalue weighted by atomic mass is 32.1. The van der Waals surface area contributed by atoms with Gasteiger partial charge in [-0.05, 0) is 18.2 Å². The van der Waals surface area contributed by atoms with Gasteiger partial charge in [-0.1, -0.05) is 11.3 Å². The number of aromatic nitrogens is 1. The van der Waals surface area contributed by atoms with E-state index in [4.69, 9.17) is 0 Å². The predicted octanol–water partition coefficient (Wildman–Crippen LogP) is 1.06. The molecule has 2 fully saturated rings. The van der Waals surface area contributed by atoms with Crippen LogP contribution in [0.2, 0.25) is 0 Å². The number of carbonyl (C=O) groups is 1. The maximum absolute atomic E-state index is 13.2. The van der Waals surface area contributed by atoms with E-state index in [-0.39, 0.29) is 11.7 Å². The van der Waals surface area contributed by atoms with Crippen molar-refractivity contribution in [2.45, 2.75) is 6.04 Å². The van der Waals surface area contributed by atoms with Gasteiger partial charge in [-0.2, -0.15) is 0 Å². The van der Waals surface area contributed by atoms with Crippen LogP contribution in [0, 0.1) is 5.82 Å². The lowest BCUT2D eigenvalue weighted by Gasteiger charge is -2.46. The molecule has 5 nitrogen and oxygen atoms in total. The molecule has 2 aliphatic heterocycles. The molecule has 1 amide bonds. The van der Waals surface area contributed by atoms with E-state index in [2.05, 4.69) is 20.1 Å². The van der Waals surface area contributed by atoms with E-state index >= 15 is 0 Å². The van der Waals surface area contributed by atoms with E-state index in [1.54, 1.807) is 6.07 Å². The zero-order chi connectivity index (χ0) is 14.4. The minimum atomic E-state index is -0.224. The minimum absolute atomic E-state index is 0.107. The van der Waals surface area contributed by atoms with Crippen molar-refractivity contribution >= 4 is 32.6 Å². The molecular formula is C14H15FN4OS. The van der Waals surface area contributed by atoms with Crippen molar-refractivity contribution in [3.05, 3.63) is 24.0 Å². The first-order valence-electron chi connectivity index (χ1n) is 7.01. The zero-order valence-corrected chi connectivity index (χ0v) is 12.2. The average molecular weight is 306 g/mol. The van der Waals surface area contributed by atoms with Crippen molar-refractivity contribution in [3.8, 4) is 0 Å². The smallest absolute Gasteiger partial charge is 0.234 e. The number of hydrogen-bond acceptors (Lipinski definition) is 5. The van der Waals surface area contributed by atoms with Crippen molar-refractivity contribution in [2.75, 3.05) is 37.6 Å². The molecule has 110 valence electrons. The monoisotopic (exact) mass is 306 g/mol. The van der Waals surface area contributed by atoms with Crippen LogP contribution >= 0.6 is 11.3 Å². The van der Waals surface area contributed by atoms with Crippen molar-refractivity contribution in [1.82, 2.24) is 15.2 Å². The second-order valence-electron chi connectivity index (χ2n) is 5.49. The summed E-state index contributed by atoms with van der Waals surface area (Å²) in [6.45, 7) is 3.90. The number of hydrogen-bond donors (Lipinski definition) is 1. The average Bonchev–Trinajstić information content (AvgIpc) is 2.79. The van der Waals surface area contributed by atoms with Gasteiger partial charge < -0.3 is 10.2 Å². The van der Waals surface area contributed by atoms with Gasteiger partial charge in [-0.3, -0.25) is 9.69 Å². The van der Waals surface area contributed by atoms with Gasteiger partial charge in [0.2, 0.25) is 5.91 Å². The molecule has 1 aromatic heterocycles. The second-order valence-corrected chi connectivity index (χ2v) is 6.50. The Kier molecular flexibility index (Phi) is 3.04. The summed E-state index contributed by atoms with van der Waals surface area (Å²) in [5.41, 5.74) is 0.845. The molecule has 2 saturated heterocycles. The highest BCUT2D eigenvalue weighted by Crippen LogP contribution is 2.32. The van der Waals surface area contributed by atoms with Crippen molar-refractivity contribution in [1.29, 1.82) is 0 Å². The van der Waals surface area contributed by atoms with Crippen LogP contribution in [0.5, 0.6) is 0 Å². The first kappa shape index (κ1) is 13.0. The fraction of sp³-hybridized carbons (Fsp3) is 0.429. The Hall–Kier alpha value is -1.73. The topological polar surface area (TPSA) is 48.5 Å². The Morgan fingerprint density at radius 3 is 3.05 bits per heavy atom. The van der Waals surface area contributed by atoms with Gasteiger partial charge in [0.05, 0.1) is 16.8 Å². The zero-order valence-electron chi connectivity index (χ0n) is 11.4. The van der Waals surface area contributed by atoms with Crippen LogP contribution < -0.4 is 10.2 Å². The van der Waals surface area contributed by atoms with E-state index in [0.29, 0.717) is 12.6 Å². The molecule has 0 unspecified atom stereocenters. The quantitative estimate of drug-likeness (QED) is 0.901. The first-order chi connectivity index (χ1) is 10.2. The Morgan fingerprint density at radius 2 is 2.24 bits per heavy atom. The normalized spacial score (nSPS) is 20.6. The molecule has 0 atom stereocenters. The Morgan fingerprint density at radius 1 is 1.38 bits per heavy atom. The Bertz CT molecular complexity index is 697. The number of anilines is 1. The van der Waals surface area contributed by atoms with Crippen LogP contribution in [0.1, 0.15) is 0 Å². The second kappa shape index (κ2) is 4.92. The molecule has 0 radical (unpaired) electrons. The van der Waals surface area contributed by atoms with Crippen LogP contribution in [-0.4, -0.2) is 54.6 Å². The van der Waals surface area contributed by atoms with E-state index < -0.39 is 0 Å². The van der Waals surface area contributed by atoms with Gasteiger partial charge in [0, 0.05) is 32.2 Å². The highest BCUT2D eigenvalue weighted by molar-refractivity contribution is 7.22. The number of amides is 1. The molecule has 0 aliphatic carbocycles. The fourth-order valence-electron chi connectivity index (χ4n) is 2.83. The van der Waals surface area contributed by atoms with Gasteiger partial charge in [0.15, 0.2) is 5.13 Å². The molecule has 0 saturated carbocycles. The number of nitrogens with one attached hydrogen (secondary N) is 1. The standard InChI is InChI=1S/C14H15FN4OS/c15-9-1-2-11-12(5-9)21-14(17-11)19-6-10(7-19)18-4-3-16-13(20)8-18/h1-2,5,10H,3-4,6-8H2,(H,16,20). The van der Waals surface area contributed by atoms with E-state index in [0.717, 1.165) is 41.5 Å². The van der Waals surface area contributed by atoms with Crippen LogP contribution in [0.4, 0.5) is 9.52 Å². The first-order valence-corrected chi connectivity index (χ1v) is 7.82. The summed E-state index contributed by atoms with van der Waals surface area (Å²) >= 11 is 1.52. The molecule has 1 N–H and O–H groups in total. The number of fused-ring (bicyclic) bond motifs is 1. The van der Waals surface area contributed by atoms with Crippen LogP contribution in [0.25, 0.3) is 10.2 Å². The molecule has 2 aliphatic rings. The van der Waals surface area contributed by atoms with Gasteiger partial charge in [0.1, 0.15) is 5.82 Å². The van der Waals surface area contributed by atoms with Crippen molar-refractivity contribution in [2.24, 2.45) is 0 Å². The molecule has 21 heavy (non-hydrogen) atoms. The van der Waals surface area contributed by atoms with Crippen LogP contribution in [0.15, 0.2) is 18.2 Å². The SMILES string of the molecule is O=C1CN(C2CN(c3nc4ccc(F)cc4s3)C2)CCN1. The molecule has 2 aromatic rings. The van der Waals surface area contributed by atoms with Crippen molar-refractivity contribution < 1.29 is 9.18 Å². The summed E-state index contributed by atoms with van der Waals surface area (Å²) in [6, 6.07) is 5.11. The lowest BCUT2D eigenvalue weighted by atomic mass is 10.1. The van der Waals surface area contributed by atoms with Crippen LogP contribution in [0.3, 0.4) is 0 Å². The maximum atomic E-state index is 13.2. The van der Waals surface area contributed by atoms with Gasteiger partial charge in [-0.25, -0.2) is 9.37 Å². The van der Waals surface area contributed by atoms with Crippen LogP contribution in [-0.2, 0) is 4.79 Å². The van der Waals surface area contributed by atoms with E-state index in [1.807, 2.05) is 0 Å². The summed E-state index contributed by atoms with van der Waals surface area (Å²) < 4.78 is 14.1. The Labute approximate surface area is 125 Å². The Balaban J connectivity index is 1.45. The number of thiazole rings is 1. The number of rotatable bonds is 2. The molecule has 0 bridgehead atoms. The predicted molar refractivity (Wildman–Crippen MR) is 80.2 cm³/mol. The lowest BCUT2D eigenvalue weighted by Crippen LogP contribution is -2.63. The van der Waals surface area contributed by atoms with E-state index in [9.17, 15) is 9.18 Å². The molecule has 4 rings (SSSR count). The molecule has 3 heterocycles. The highest BCUT2D eigenvalue weighted by Gasteiger charge is 2.35. The number of piperazine rings is 1. The molecular weight excluding hydrogens is 291 g/mol. The van der Waals surface area contributed by atoms with Crippen molar-refractivity contribution in [3.63, 3.8) is 0 Å². The maximum Gasteiger partial charge on any atom is 0.234 e. The third-order valence-electron chi connectivity index (χ3n) is 4.06. The summed E-state index contributed by atoms with van der Waals surface area (Å²) in [5, 5.41) is 3.78. The van der Waals surface area contributed by atoms with Gasteiger partial charge >= 0.3 is 0 Å². The summed E-state index contributed by atoms with van der Waals surface area (Å²) in [5.74, 6) is -0.117. The number of carbonyl (C=O) groups excluding carboxylic acids is 1. The number of benzene rings is 1. The minimum Gasteiger partial charge on any atom is -0.354 e. The summed E-state index contributed by atoms with van der Waals surface area (Å²) in [7, 11) is 0. The third kappa shape index (κ3) is 2.36. The lowest BCUT2D eigenvalue weighted by molar-refractivity contribution is -0.125. The largest absolute Gasteiger partial charge is 0.354 e.